The van der Waals surface area contributed by atoms with E-state index in [1.54, 1.807) is 0 Å². The number of fused-ring (bicyclic) bond motifs is 7. The highest BCUT2D eigenvalue weighted by Crippen LogP contribution is 2.51. The Labute approximate surface area is 250 Å². The SMILES string of the molecule is CC1(C)c2cc(-c3cccc4ccccc34)ccc2-c2ccc(-n3c4ccc(Br)cc4c4cc(Br)ccc43)cc21. The molecule has 8 rings (SSSR count). The molecule has 192 valence electrons. The summed E-state index contributed by atoms with van der Waals surface area (Å²) in [4.78, 5) is 0. The molecule has 3 heteroatoms. The lowest BCUT2D eigenvalue weighted by atomic mass is 9.81. The van der Waals surface area contributed by atoms with Crippen LogP contribution in [0.25, 0.3) is 60.5 Å². The van der Waals surface area contributed by atoms with E-state index in [1.807, 2.05) is 0 Å². The highest BCUT2D eigenvalue weighted by Gasteiger charge is 2.36. The Kier molecular flexibility index (Phi) is 5.24. The predicted octanol–water partition coefficient (Wildman–Crippen LogP) is 11.4. The molecule has 7 aromatic rings. The van der Waals surface area contributed by atoms with E-state index in [2.05, 4.69) is 166 Å². The van der Waals surface area contributed by atoms with Gasteiger partial charge in [-0.25, -0.2) is 0 Å². The van der Waals surface area contributed by atoms with Crippen molar-refractivity contribution < 1.29 is 0 Å². The molecule has 0 amide bonds. The van der Waals surface area contributed by atoms with Crippen molar-refractivity contribution in [1.29, 1.82) is 0 Å². The maximum atomic E-state index is 3.69. The topological polar surface area (TPSA) is 4.93 Å². The summed E-state index contributed by atoms with van der Waals surface area (Å²) in [6.45, 7) is 4.74. The predicted molar refractivity (Wildman–Crippen MR) is 177 cm³/mol. The molecular formula is C37H25Br2N. The van der Waals surface area contributed by atoms with Crippen molar-refractivity contribution in [3.05, 3.63) is 135 Å². The van der Waals surface area contributed by atoms with Crippen molar-refractivity contribution in [1.82, 2.24) is 4.57 Å². The van der Waals surface area contributed by atoms with Crippen LogP contribution >= 0.6 is 31.9 Å². The number of nitrogens with zero attached hydrogens (tertiary/aromatic N) is 1. The summed E-state index contributed by atoms with van der Waals surface area (Å²) in [5.41, 5.74) is 11.5. The number of benzene rings is 6. The molecule has 0 bridgehead atoms. The van der Waals surface area contributed by atoms with Crippen LogP contribution in [0.2, 0.25) is 0 Å². The number of aromatic nitrogens is 1. The molecule has 0 aliphatic heterocycles. The minimum Gasteiger partial charge on any atom is -0.309 e. The van der Waals surface area contributed by atoms with E-state index in [0.717, 1.165) is 8.95 Å². The molecule has 0 atom stereocenters. The number of halogens is 2. The molecule has 1 nitrogen and oxygen atoms in total. The lowest BCUT2D eigenvalue weighted by Crippen LogP contribution is -2.15. The summed E-state index contributed by atoms with van der Waals surface area (Å²) in [6, 6.07) is 42.5. The molecule has 0 radical (unpaired) electrons. The maximum absolute atomic E-state index is 3.69. The second kappa shape index (κ2) is 8.67. The molecular weight excluding hydrogens is 618 g/mol. The first-order valence-corrected chi connectivity index (χ1v) is 15.2. The number of hydrogen-bond acceptors (Lipinski definition) is 0. The quantitative estimate of drug-likeness (QED) is 0.177. The third kappa shape index (κ3) is 3.44. The van der Waals surface area contributed by atoms with Crippen molar-refractivity contribution in [3.63, 3.8) is 0 Å². The van der Waals surface area contributed by atoms with E-state index in [-0.39, 0.29) is 5.41 Å². The molecule has 0 saturated heterocycles. The van der Waals surface area contributed by atoms with Crippen molar-refractivity contribution in [3.8, 4) is 27.9 Å². The van der Waals surface area contributed by atoms with Gasteiger partial charge in [-0.1, -0.05) is 106 Å². The Morgan fingerprint density at radius 3 is 1.88 bits per heavy atom. The van der Waals surface area contributed by atoms with Crippen molar-refractivity contribution in [2.24, 2.45) is 0 Å². The summed E-state index contributed by atoms with van der Waals surface area (Å²) in [5.74, 6) is 0. The van der Waals surface area contributed by atoms with E-state index in [4.69, 9.17) is 0 Å². The molecule has 6 aromatic carbocycles. The van der Waals surface area contributed by atoms with Crippen LogP contribution in [0.15, 0.2) is 124 Å². The largest absolute Gasteiger partial charge is 0.309 e. The molecule has 1 aliphatic carbocycles. The smallest absolute Gasteiger partial charge is 0.0541 e. The van der Waals surface area contributed by atoms with Crippen LogP contribution in [-0.4, -0.2) is 4.57 Å². The van der Waals surface area contributed by atoms with Crippen LogP contribution in [0.1, 0.15) is 25.0 Å². The zero-order valence-electron chi connectivity index (χ0n) is 22.2. The average molecular weight is 643 g/mol. The van der Waals surface area contributed by atoms with Crippen LogP contribution in [0.5, 0.6) is 0 Å². The number of hydrogen-bond donors (Lipinski definition) is 0. The van der Waals surface area contributed by atoms with Crippen LogP contribution in [0.3, 0.4) is 0 Å². The third-order valence-electron chi connectivity index (χ3n) is 8.71. The van der Waals surface area contributed by atoms with E-state index in [9.17, 15) is 0 Å². The molecule has 1 heterocycles. The molecule has 40 heavy (non-hydrogen) atoms. The van der Waals surface area contributed by atoms with Gasteiger partial charge in [-0.05, 0) is 98.8 Å². The van der Waals surface area contributed by atoms with Gasteiger partial charge >= 0.3 is 0 Å². The van der Waals surface area contributed by atoms with Crippen molar-refractivity contribution in [2.75, 3.05) is 0 Å². The van der Waals surface area contributed by atoms with Gasteiger partial charge in [0, 0.05) is 30.8 Å². The second-order valence-electron chi connectivity index (χ2n) is 11.3. The minimum atomic E-state index is -0.119. The fourth-order valence-electron chi connectivity index (χ4n) is 6.76. The molecule has 0 fully saturated rings. The highest BCUT2D eigenvalue weighted by atomic mass is 79.9. The van der Waals surface area contributed by atoms with Crippen LogP contribution in [0, 0.1) is 0 Å². The molecule has 1 aromatic heterocycles. The Morgan fingerprint density at radius 2 is 1.15 bits per heavy atom. The van der Waals surface area contributed by atoms with Crippen LogP contribution in [0.4, 0.5) is 0 Å². The van der Waals surface area contributed by atoms with E-state index in [1.165, 1.54) is 71.6 Å². The van der Waals surface area contributed by atoms with Gasteiger partial charge < -0.3 is 4.57 Å². The summed E-state index contributed by atoms with van der Waals surface area (Å²) < 4.78 is 4.59. The Morgan fingerprint density at radius 1 is 0.525 bits per heavy atom. The zero-order valence-corrected chi connectivity index (χ0v) is 25.3. The first-order chi connectivity index (χ1) is 19.4. The van der Waals surface area contributed by atoms with Crippen LogP contribution < -0.4 is 0 Å². The summed E-state index contributed by atoms with van der Waals surface area (Å²) in [7, 11) is 0. The second-order valence-corrected chi connectivity index (χ2v) is 13.1. The lowest BCUT2D eigenvalue weighted by Gasteiger charge is -2.23. The molecule has 0 unspecified atom stereocenters. The minimum absolute atomic E-state index is 0.119. The molecule has 0 spiro atoms. The monoisotopic (exact) mass is 641 g/mol. The summed E-state index contributed by atoms with van der Waals surface area (Å²) in [6.07, 6.45) is 0. The Hall–Kier alpha value is -3.66. The van der Waals surface area contributed by atoms with Gasteiger partial charge in [-0.15, -0.1) is 0 Å². The van der Waals surface area contributed by atoms with Gasteiger partial charge in [0.25, 0.3) is 0 Å². The summed E-state index contributed by atoms with van der Waals surface area (Å²) in [5, 5.41) is 5.06. The van der Waals surface area contributed by atoms with Gasteiger partial charge in [0.1, 0.15) is 0 Å². The van der Waals surface area contributed by atoms with Crippen molar-refractivity contribution in [2.45, 2.75) is 19.3 Å². The zero-order chi connectivity index (χ0) is 27.2. The molecule has 0 saturated carbocycles. The first-order valence-electron chi connectivity index (χ1n) is 13.6. The van der Waals surface area contributed by atoms with Crippen LogP contribution in [-0.2, 0) is 5.41 Å². The first kappa shape index (κ1) is 24.2. The van der Waals surface area contributed by atoms with Crippen molar-refractivity contribution >= 4 is 64.4 Å². The standard InChI is InChI=1S/C37H25Br2N/c1-37(2)33-18-23(28-9-5-7-22-6-3-4-8-27(22)28)10-14-29(33)30-15-13-26(21-34(30)37)40-35-16-11-24(38)19-31(35)32-20-25(39)12-17-36(32)40/h3-21H,1-2H3. The van der Waals surface area contributed by atoms with E-state index < -0.39 is 0 Å². The van der Waals surface area contributed by atoms with Gasteiger partial charge in [0.15, 0.2) is 0 Å². The fourth-order valence-corrected chi connectivity index (χ4v) is 7.48. The fraction of sp³-hybridized carbons (Fsp3) is 0.0811. The highest BCUT2D eigenvalue weighted by molar-refractivity contribution is 9.10. The number of rotatable bonds is 2. The average Bonchev–Trinajstić information content (AvgIpc) is 3.40. The van der Waals surface area contributed by atoms with E-state index >= 15 is 0 Å². The summed E-state index contributed by atoms with van der Waals surface area (Å²) >= 11 is 7.38. The van der Waals surface area contributed by atoms with Gasteiger partial charge in [-0.3, -0.25) is 0 Å². The lowest BCUT2D eigenvalue weighted by molar-refractivity contribution is 0.660. The Bertz CT molecular complexity index is 2100. The van der Waals surface area contributed by atoms with Gasteiger partial charge in [-0.2, -0.15) is 0 Å². The maximum Gasteiger partial charge on any atom is 0.0541 e. The van der Waals surface area contributed by atoms with Gasteiger partial charge in [0.05, 0.1) is 11.0 Å². The third-order valence-corrected chi connectivity index (χ3v) is 9.69. The van der Waals surface area contributed by atoms with Gasteiger partial charge in [0.2, 0.25) is 0 Å². The molecule has 0 N–H and O–H groups in total. The molecule has 1 aliphatic rings. The Balaban J connectivity index is 1.31. The normalized spacial score (nSPS) is 13.7. The van der Waals surface area contributed by atoms with E-state index in [0.29, 0.717) is 0 Å².